The summed E-state index contributed by atoms with van der Waals surface area (Å²) < 4.78 is 5.02. The molecule has 2 aliphatic rings. The molecule has 0 spiro atoms. The van der Waals surface area contributed by atoms with Gasteiger partial charge in [-0.15, -0.1) is 0 Å². The molecule has 8 nitrogen and oxygen atoms in total. The Bertz CT molecular complexity index is 1260. The van der Waals surface area contributed by atoms with Gasteiger partial charge in [0.1, 0.15) is 5.02 Å². The maximum Gasteiger partial charge on any atom is 0.253 e. The minimum atomic E-state index is -0.203. The van der Waals surface area contributed by atoms with Crippen LogP contribution >= 0.6 is 11.6 Å². The topological polar surface area (TPSA) is 91.4 Å². The standard InChI is InChI=1S/C29H35ClN6O2/c1-38-17-14-31-28(37)24-6-2-3-7-26(24)34-27-25(30)19-32-29(35-27)33-22-11-8-20-9-12-23(13-10-21(20)18-22)36-15-4-5-16-36/h2-3,6-8,11,18-19,23H,4-5,9-10,12-17H2,1H3,(H,31,37)(H2,32,33,34,35)/t23-/m0/s1. The smallest absolute Gasteiger partial charge is 0.253 e. The van der Waals surface area contributed by atoms with E-state index in [1.165, 1.54) is 49.9 Å². The van der Waals surface area contributed by atoms with Crippen LogP contribution in [0.25, 0.3) is 0 Å². The fourth-order valence-corrected chi connectivity index (χ4v) is 5.50. The predicted molar refractivity (Wildman–Crippen MR) is 152 cm³/mol. The van der Waals surface area contributed by atoms with E-state index in [2.05, 4.69) is 49.0 Å². The number of aromatic nitrogens is 2. The Labute approximate surface area is 229 Å². The van der Waals surface area contributed by atoms with Gasteiger partial charge in [-0.1, -0.05) is 29.8 Å². The first-order chi connectivity index (χ1) is 18.6. The second kappa shape index (κ2) is 12.6. The van der Waals surface area contributed by atoms with Crippen molar-refractivity contribution in [3.63, 3.8) is 0 Å². The number of likely N-dealkylation sites (tertiary alicyclic amines) is 1. The number of aryl methyl sites for hydroxylation is 2. The number of benzene rings is 2. The summed E-state index contributed by atoms with van der Waals surface area (Å²) in [6, 6.07) is 14.5. The lowest BCUT2D eigenvalue weighted by Gasteiger charge is -2.25. The number of anilines is 4. The summed E-state index contributed by atoms with van der Waals surface area (Å²) in [5, 5.41) is 9.76. The van der Waals surface area contributed by atoms with Gasteiger partial charge in [0, 0.05) is 25.4 Å². The molecule has 1 atom stereocenters. The van der Waals surface area contributed by atoms with Gasteiger partial charge in [0.25, 0.3) is 5.91 Å². The van der Waals surface area contributed by atoms with E-state index in [9.17, 15) is 4.79 Å². The molecule has 5 rings (SSSR count). The third-order valence-corrected chi connectivity index (χ3v) is 7.65. The van der Waals surface area contributed by atoms with Crippen molar-refractivity contribution in [3.05, 3.63) is 70.4 Å². The first kappa shape index (κ1) is 26.4. The normalized spacial score (nSPS) is 17.5. The lowest BCUT2D eigenvalue weighted by atomic mass is 10.0. The zero-order valence-corrected chi connectivity index (χ0v) is 22.6. The highest BCUT2D eigenvalue weighted by Gasteiger charge is 2.24. The molecule has 1 aliphatic carbocycles. The lowest BCUT2D eigenvalue weighted by Crippen LogP contribution is -2.32. The number of nitrogens with one attached hydrogen (secondary N) is 3. The summed E-state index contributed by atoms with van der Waals surface area (Å²) in [6.07, 6.45) is 8.89. The molecule has 0 radical (unpaired) electrons. The van der Waals surface area contributed by atoms with Crippen molar-refractivity contribution in [3.8, 4) is 0 Å². The zero-order valence-electron chi connectivity index (χ0n) is 21.8. The SMILES string of the molecule is COCCNC(=O)c1ccccc1Nc1nc(Nc2ccc3c(c2)CC[C@@H](N2CCCC2)CC3)ncc1Cl. The van der Waals surface area contributed by atoms with Gasteiger partial charge in [-0.05, 0) is 87.0 Å². The maximum absolute atomic E-state index is 12.7. The highest BCUT2D eigenvalue weighted by molar-refractivity contribution is 6.33. The minimum absolute atomic E-state index is 0.203. The van der Waals surface area contributed by atoms with Crippen molar-refractivity contribution in [2.24, 2.45) is 0 Å². The van der Waals surface area contributed by atoms with Crippen LogP contribution in [0.2, 0.25) is 5.02 Å². The van der Waals surface area contributed by atoms with Gasteiger partial charge in [-0.3, -0.25) is 4.79 Å². The van der Waals surface area contributed by atoms with E-state index in [0.717, 1.165) is 18.5 Å². The monoisotopic (exact) mass is 534 g/mol. The van der Waals surface area contributed by atoms with E-state index in [0.29, 0.717) is 47.2 Å². The third-order valence-electron chi connectivity index (χ3n) is 7.37. The number of hydrogen-bond acceptors (Lipinski definition) is 7. The average molecular weight is 535 g/mol. The van der Waals surface area contributed by atoms with Crippen LogP contribution < -0.4 is 16.0 Å². The van der Waals surface area contributed by atoms with Crippen molar-refractivity contribution in [1.29, 1.82) is 0 Å². The Morgan fingerprint density at radius 1 is 1.08 bits per heavy atom. The van der Waals surface area contributed by atoms with E-state index in [4.69, 9.17) is 16.3 Å². The molecule has 0 saturated carbocycles. The number of fused-ring (bicyclic) bond motifs is 1. The number of ether oxygens (including phenoxy) is 1. The summed E-state index contributed by atoms with van der Waals surface area (Å²) in [7, 11) is 1.60. The van der Waals surface area contributed by atoms with E-state index in [1.807, 2.05) is 18.2 Å². The Morgan fingerprint density at radius 3 is 2.68 bits per heavy atom. The number of hydrogen-bond donors (Lipinski definition) is 3. The van der Waals surface area contributed by atoms with E-state index in [-0.39, 0.29) is 5.91 Å². The molecule has 1 fully saturated rings. The summed E-state index contributed by atoms with van der Waals surface area (Å²) in [6.45, 7) is 3.36. The Morgan fingerprint density at radius 2 is 1.87 bits per heavy atom. The first-order valence-corrected chi connectivity index (χ1v) is 13.8. The molecule has 1 amide bonds. The maximum atomic E-state index is 12.7. The second-order valence-electron chi connectivity index (χ2n) is 9.89. The van der Waals surface area contributed by atoms with Crippen LogP contribution in [0.3, 0.4) is 0 Å². The highest BCUT2D eigenvalue weighted by Crippen LogP contribution is 2.30. The van der Waals surface area contributed by atoms with Gasteiger partial charge >= 0.3 is 0 Å². The molecule has 38 heavy (non-hydrogen) atoms. The minimum Gasteiger partial charge on any atom is -0.383 e. The average Bonchev–Trinajstić information content (AvgIpc) is 3.38. The number of carbonyl (C=O) groups is 1. The Kier molecular flexibility index (Phi) is 8.73. The zero-order chi connectivity index (χ0) is 26.3. The fourth-order valence-electron chi connectivity index (χ4n) is 5.36. The van der Waals surface area contributed by atoms with Gasteiger partial charge in [-0.25, -0.2) is 4.98 Å². The summed E-state index contributed by atoms with van der Waals surface area (Å²) >= 11 is 6.43. The lowest BCUT2D eigenvalue weighted by molar-refractivity contribution is 0.0938. The van der Waals surface area contributed by atoms with E-state index >= 15 is 0 Å². The van der Waals surface area contributed by atoms with E-state index in [1.54, 1.807) is 19.4 Å². The Balaban J connectivity index is 1.28. The van der Waals surface area contributed by atoms with Crippen LogP contribution in [0.15, 0.2) is 48.7 Å². The number of carbonyl (C=O) groups excluding carboxylic acids is 1. The first-order valence-electron chi connectivity index (χ1n) is 13.4. The molecule has 200 valence electrons. The van der Waals surface area contributed by atoms with Crippen LogP contribution in [0.5, 0.6) is 0 Å². The molecule has 2 aromatic carbocycles. The van der Waals surface area contributed by atoms with Gasteiger partial charge in [0.2, 0.25) is 5.95 Å². The molecular weight excluding hydrogens is 500 g/mol. The summed E-state index contributed by atoms with van der Waals surface area (Å²) in [4.78, 5) is 24.4. The molecular formula is C29H35ClN6O2. The predicted octanol–water partition coefficient (Wildman–Crippen LogP) is 5.34. The molecule has 1 aliphatic heterocycles. The van der Waals surface area contributed by atoms with Crippen molar-refractivity contribution >= 4 is 40.6 Å². The van der Waals surface area contributed by atoms with Crippen LogP contribution in [0.4, 0.5) is 23.1 Å². The van der Waals surface area contributed by atoms with Crippen molar-refractivity contribution in [1.82, 2.24) is 20.2 Å². The van der Waals surface area contributed by atoms with Crippen molar-refractivity contribution in [2.45, 2.75) is 44.6 Å². The molecule has 0 unspecified atom stereocenters. The molecule has 9 heteroatoms. The van der Waals surface area contributed by atoms with Crippen LogP contribution in [0, 0.1) is 0 Å². The Hall–Kier alpha value is -3.20. The van der Waals surface area contributed by atoms with Crippen LogP contribution in [-0.2, 0) is 17.6 Å². The van der Waals surface area contributed by atoms with Gasteiger partial charge in [-0.2, -0.15) is 4.98 Å². The summed E-state index contributed by atoms with van der Waals surface area (Å²) in [5.41, 5.74) is 4.89. The van der Waals surface area contributed by atoms with Crippen molar-refractivity contribution < 1.29 is 9.53 Å². The molecule has 0 bridgehead atoms. The van der Waals surface area contributed by atoms with Gasteiger partial charge in [0.05, 0.1) is 24.1 Å². The van der Waals surface area contributed by atoms with Crippen molar-refractivity contribution in [2.75, 3.05) is 44.0 Å². The van der Waals surface area contributed by atoms with Gasteiger partial charge < -0.3 is 25.6 Å². The molecule has 3 N–H and O–H groups in total. The molecule has 3 aromatic rings. The van der Waals surface area contributed by atoms with Crippen LogP contribution in [-0.4, -0.2) is 60.2 Å². The second-order valence-corrected chi connectivity index (χ2v) is 10.3. The fraction of sp³-hybridized carbons (Fsp3) is 0.414. The number of para-hydroxylation sites is 1. The largest absolute Gasteiger partial charge is 0.383 e. The number of amides is 1. The number of nitrogens with zero attached hydrogens (tertiary/aromatic N) is 3. The number of halogens is 1. The third kappa shape index (κ3) is 6.43. The summed E-state index contributed by atoms with van der Waals surface area (Å²) in [5.74, 6) is 0.651. The van der Waals surface area contributed by atoms with Gasteiger partial charge in [0.15, 0.2) is 5.82 Å². The molecule has 1 saturated heterocycles. The van der Waals surface area contributed by atoms with Crippen LogP contribution in [0.1, 0.15) is 47.2 Å². The molecule has 2 heterocycles. The number of rotatable bonds is 9. The number of methoxy groups -OCH3 is 1. The van der Waals surface area contributed by atoms with E-state index < -0.39 is 0 Å². The quantitative estimate of drug-likeness (QED) is 0.252. The molecule has 1 aromatic heterocycles. The highest BCUT2D eigenvalue weighted by atomic mass is 35.5.